The third-order valence-corrected chi connectivity index (χ3v) is 8.22. The topological polar surface area (TPSA) is 157 Å². The van der Waals surface area contributed by atoms with Crippen LogP contribution < -0.4 is 16.6 Å². The normalized spacial score (nSPS) is 21.9. The first-order valence-corrected chi connectivity index (χ1v) is 12.6. The maximum absolute atomic E-state index is 14.9. The predicted octanol–water partition coefficient (Wildman–Crippen LogP) is 0.950. The highest BCUT2D eigenvalue weighted by Gasteiger charge is 2.46. The Labute approximate surface area is 216 Å². The van der Waals surface area contributed by atoms with Gasteiger partial charge >= 0.3 is 5.97 Å². The number of aryl methyl sites for hydroxylation is 1. The number of esters is 1. The Balaban J connectivity index is 1.63. The van der Waals surface area contributed by atoms with Crippen LogP contribution in [-0.2, 0) is 39.5 Å². The van der Waals surface area contributed by atoms with Crippen LogP contribution >= 0.6 is 0 Å². The van der Waals surface area contributed by atoms with Crippen molar-refractivity contribution >= 4 is 22.8 Å². The maximum Gasteiger partial charge on any atom is 0.343 e. The number of aliphatic hydroxyl groups is 2. The number of nitrogens with zero attached hydrogens (tertiary/aromatic N) is 2. The molecule has 0 bridgehead atoms. The number of hydrogen-bond donors (Lipinski definition) is 4. The van der Waals surface area contributed by atoms with E-state index in [0.717, 1.165) is 10.9 Å². The SMILES string of the molecule is CCC1(O)C(=O)OCc2c1cc1n(c2=O)Cc2c-1nc1cc(F)c(C)c3c1c2C(NC(=O)C(O)CN)CC3. The lowest BCUT2D eigenvalue weighted by Gasteiger charge is -2.31. The first-order chi connectivity index (χ1) is 18.1. The van der Waals surface area contributed by atoms with Crippen molar-refractivity contribution < 1.29 is 28.9 Å². The molecule has 0 spiro atoms. The molecule has 3 aromatic rings. The van der Waals surface area contributed by atoms with Gasteiger partial charge in [0.2, 0.25) is 0 Å². The van der Waals surface area contributed by atoms with E-state index >= 15 is 0 Å². The van der Waals surface area contributed by atoms with Gasteiger partial charge in [-0.25, -0.2) is 14.2 Å². The van der Waals surface area contributed by atoms with Gasteiger partial charge in [-0.3, -0.25) is 9.59 Å². The fourth-order valence-electron chi connectivity index (χ4n) is 6.07. The summed E-state index contributed by atoms with van der Waals surface area (Å²) in [6, 6.07) is 2.41. The van der Waals surface area contributed by atoms with E-state index in [1.807, 2.05) is 0 Å². The average Bonchev–Trinajstić information content (AvgIpc) is 3.28. The average molecular weight is 523 g/mol. The fourth-order valence-corrected chi connectivity index (χ4v) is 6.07. The lowest BCUT2D eigenvalue weighted by molar-refractivity contribution is -0.172. The minimum absolute atomic E-state index is 0.0103. The zero-order chi connectivity index (χ0) is 27.1. The van der Waals surface area contributed by atoms with Crippen LogP contribution in [0.3, 0.4) is 0 Å². The first kappa shape index (κ1) is 24.7. The Hall–Kier alpha value is -3.67. The Morgan fingerprint density at radius 2 is 2.11 bits per heavy atom. The van der Waals surface area contributed by atoms with Crippen molar-refractivity contribution in [2.24, 2.45) is 5.73 Å². The van der Waals surface area contributed by atoms with Gasteiger partial charge in [-0.15, -0.1) is 0 Å². The molecule has 6 rings (SSSR count). The number of halogens is 1. The fraction of sp³-hybridized carbons (Fsp3) is 0.407. The summed E-state index contributed by atoms with van der Waals surface area (Å²) in [5, 5.41) is 24.7. The molecule has 5 N–H and O–H groups in total. The second-order valence-electron chi connectivity index (χ2n) is 10.2. The molecule has 3 unspecified atom stereocenters. The second kappa shape index (κ2) is 8.42. The molecule has 0 saturated heterocycles. The van der Waals surface area contributed by atoms with E-state index in [-0.39, 0.29) is 37.2 Å². The molecular weight excluding hydrogens is 495 g/mol. The van der Waals surface area contributed by atoms with Crippen LogP contribution in [0.2, 0.25) is 0 Å². The molecule has 2 aromatic heterocycles. The molecule has 4 heterocycles. The van der Waals surface area contributed by atoms with Gasteiger partial charge in [0, 0.05) is 29.1 Å². The number of aromatic nitrogens is 2. The van der Waals surface area contributed by atoms with Crippen molar-refractivity contribution in [2.45, 2.75) is 64.0 Å². The molecule has 3 aliphatic rings. The molecule has 1 aliphatic carbocycles. The predicted molar refractivity (Wildman–Crippen MR) is 133 cm³/mol. The zero-order valence-electron chi connectivity index (χ0n) is 20.9. The van der Waals surface area contributed by atoms with E-state index in [9.17, 15) is 29.0 Å². The number of pyridine rings is 2. The van der Waals surface area contributed by atoms with Gasteiger partial charge in [-0.05, 0) is 48.9 Å². The second-order valence-corrected chi connectivity index (χ2v) is 10.2. The molecule has 2 aliphatic heterocycles. The summed E-state index contributed by atoms with van der Waals surface area (Å²) < 4.78 is 21.6. The number of hydrogen-bond acceptors (Lipinski definition) is 8. The molecule has 10 nitrogen and oxygen atoms in total. The lowest BCUT2D eigenvalue weighted by atomic mass is 9.81. The summed E-state index contributed by atoms with van der Waals surface area (Å²) in [5.41, 5.74) is 7.34. The van der Waals surface area contributed by atoms with Crippen molar-refractivity contribution in [1.82, 2.24) is 14.9 Å². The van der Waals surface area contributed by atoms with Crippen molar-refractivity contribution in [3.63, 3.8) is 0 Å². The van der Waals surface area contributed by atoms with E-state index in [0.29, 0.717) is 46.4 Å². The number of benzene rings is 1. The van der Waals surface area contributed by atoms with Gasteiger partial charge in [0.05, 0.1) is 35.1 Å². The van der Waals surface area contributed by atoms with Crippen molar-refractivity contribution in [1.29, 1.82) is 0 Å². The highest BCUT2D eigenvalue weighted by Crippen LogP contribution is 2.45. The molecule has 0 radical (unpaired) electrons. The highest BCUT2D eigenvalue weighted by molar-refractivity contribution is 5.94. The molecule has 198 valence electrons. The van der Waals surface area contributed by atoms with Crippen LogP contribution in [0.5, 0.6) is 0 Å². The Morgan fingerprint density at radius 1 is 1.34 bits per heavy atom. The lowest BCUT2D eigenvalue weighted by Crippen LogP contribution is -2.44. The summed E-state index contributed by atoms with van der Waals surface area (Å²) in [4.78, 5) is 43.5. The van der Waals surface area contributed by atoms with Gasteiger partial charge in [-0.2, -0.15) is 0 Å². The van der Waals surface area contributed by atoms with E-state index in [1.54, 1.807) is 19.9 Å². The van der Waals surface area contributed by atoms with Gasteiger partial charge in [0.25, 0.3) is 11.5 Å². The molecule has 38 heavy (non-hydrogen) atoms. The molecule has 1 amide bonds. The van der Waals surface area contributed by atoms with E-state index in [2.05, 4.69) is 5.32 Å². The van der Waals surface area contributed by atoms with Crippen molar-refractivity contribution in [3.05, 3.63) is 61.7 Å². The van der Waals surface area contributed by atoms with E-state index in [1.165, 1.54) is 10.6 Å². The van der Waals surface area contributed by atoms with Crippen LogP contribution in [0.1, 0.15) is 59.2 Å². The van der Waals surface area contributed by atoms with Gasteiger partial charge < -0.3 is 30.6 Å². The van der Waals surface area contributed by atoms with Gasteiger partial charge in [0.15, 0.2) is 5.60 Å². The quantitative estimate of drug-likeness (QED) is 0.289. The smallest absolute Gasteiger partial charge is 0.343 e. The van der Waals surface area contributed by atoms with E-state index in [4.69, 9.17) is 15.5 Å². The third kappa shape index (κ3) is 3.22. The summed E-state index contributed by atoms with van der Waals surface area (Å²) >= 11 is 0. The molecule has 1 aromatic carbocycles. The number of amides is 1. The zero-order valence-corrected chi connectivity index (χ0v) is 20.9. The van der Waals surface area contributed by atoms with Crippen LogP contribution in [0.15, 0.2) is 16.9 Å². The van der Waals surface area contributed by atoms with Crippen LogP contribution in [0.4, 0.5) is 4.39 Å². The Morgan fingerprint density at radius 3 is 2.82 bits per heavy atom. The van der Waals surface area contributed by atoms with E-state index < -0.39 is 41.0 Å². The minimum Gasteiger partial charge on any atom is -0.458 e. The van der Waals surface area contributed by atoms with Crippen molar-refractivity contribution in [2.75, 3.05) is 6.54 Å². The monoisotopic (exact) mass is 522 g/mol. The largest absolute Gasteiger partial charge is 0.458 e. The number of rotatable bonds is 4. The standard InChI is InChI=1S/C27H27FN4O6/c1-3-27(37)15-6-19-23-13(9-32(19)25(35)14(15)10-38-26(27)36)22-17(31-24(34)20(33)8-29)5-4-12-11(2)16(28)7-18(30-23)21(12)22/h6-7,17,20,33,37H,3-5,8-10,29H2,1-2H3,(H,31,34). The Kier molecular flexibility index (Phi) is 5.46. The number of ether oxygens (including phenoxy) is 1. The summed E-state index contributed by atoms with van der Waals surface area (Å²) in [6.07, 6.45) is -0.434. The molecule has 11 heteroatoms. The Bertz CT molecular complexity index is 1630. The number of nitrogens with one attached hydrogen (secondary N) is 1. The molecular formula is C27H27FN4O6. The van der Waals surface area contributed by atoms with Crippen molar-refractivity contribution in [3.8, 4) is 11.4 Å². The highest BCUT2D eigenvalue weighted by atomic mass is 19.1. The first-order valence-electron chi connectivity index (χ1n) is 12.6. The number of aliphatic hydroxyl groups excluding tert-OH is 1. The molecule has 3 atom stereocenters. The molecule has 0 saturated carbocycles. The molecule has 0 fully saturated rings. The van der Waals surface area contributed by atoms with Crippen LogP contribution in [0.25, 0.3) is 22.3 Å². The van der Waals surface area contributed by atoms with Crippen LogP contribution in [-0.4, -0.2) is 44.3 Å². The number of carbonyl (C=O) groups is 2. The summed E-state index contributed by atoms with van der Waals surface area (Å²) in [5.74, 6) is -1.85. The minimum atomic E-state index is -1.97. The summed E-state index contributed by atoms with van der Waals surface area (Å²) in [7, 11) is 0. The number of cyclic esters (lactones) is 1. The summed E-state index contributed by atoms with van der Waals surface area (Å²) in [6.45, 7) is 2.97. The third-order valence-electron chi connectivity index (χ3n) is 8.22. The van der Waals surface area contributed by atoms with Crippen LogP contribution in [0, 0.1) is 12.7 Å². The van der Waals surface area contributed by atoms with Gasteiger partial charge in [0.1, 0.15) is 18.5 Å². The number of carbonyl (C=O) groups excluding carboxylic acids is 2. The number of nitrogens with two attached hydrogens (primary N) is 1. The van der Waals surface area contributed by atoms with Gasteiger partial charge in [-0.1, -0.05) is 6.92 Å². The number of fused-ring (bicyclic) bond motifs is 5. The maximum atomic E-state index is 14.9.